The van der Waals surface area contributed by atoms with Crippen molar-refractivity contribution in [3.8, 4) is 11.8 Å². The molecule has 0 unspecified atom stereocenters. The summed E-state index contributed by atoms with van der Waals surface area (Å²) in [5.74, 6) is 1.05. The number of aromatic nitrogens is 1. The van der Waals surface area contributed by atoms with E-state index >= 15 is 0 Å². The number of anilines is 2. The number of benzene rings is 2. The molecule has 1 aromatic heterocycles. The first-order valence-electron chi connectivity index (χ1n) is 11.0. The maximum Gasteiger partial charge on any atom is 0.255 e. The molecule has 5 rings (SSSR count). The van der Waals surface area contributed by atoms with Gasteiger partial charge in [-0.25, -0.2) is 0 Å². The van der Waals surface area contributed by atoms with Crippen molar-refractivity contribution in [2.75, 3.05) is 30.4 Å². The Balaban J connectivity index is 1.36. The molecule has 33 heavy (non-hydrogen) atoms. The monoisotopic (exact) mass is 440 g/mol. The molecular formula is C26H24N4O3. The van der Waals surface area contributed by atoms with Gasteiger partial charge in [-0.1, -0.05) is 6.07 Å². The average molecular weight is 441 g/mol. The molecule has 1 amide bonds. The summed E-state index contributed by atoms with van der Waals surface area (Å²) in [4.78, 5) is 27.1. The molecule has 3 aromatic rings. The van der Waals surface area contributed by atoms with Crippen LogP contribution < -0.4 is 20.5 Å². The van der Waals surface area contributed by atoms with Crippen LogP contribution in [0, 0.1) is 17.2 Å². The van der Waals surface area contributed by atoms with Crippen molar-refractivity contribution in [2.45, 2.75) is 18.9 Å². The van der Waals surface area contributed by atoms with E-state index in [1.807, 2.05) is 28.8 Å². The summed E-state index contributed by atoms with van der Waals surface area (Å²) in [6.07, 6.45) is 1.05. The van der Waals surface area contributed by atoms with Crippen LogP contribution in [-0.4, -0.2) is 30.7 Å². The fourth-order valence-electron chi connectivity index (χ4n) is 5.02. The van der Waals surface area contributed by atoms with Crippen molar-refractivity contribution >= 4 is 17.3 Å². The first-order chi connectivity index (χ1) is 16.1. The second-order valence-corrected chi connectivity index (χ2v) is 8.63. The van der Waals surface area contributed by atoms with E-state index in [4.69, 9.17) is 4.74 Å². The number of fused-ring (bicyclic) bond motifs is 4. The highest BCUT2D eigenvalue weighted by molar-refractivity contribution is 6.04. The fourth-order valence-corrected chi connectivity index (χ4v) is 5.02. The molecule has 1 fully saturated rings. The second-order valence-electron chi connectivity index (χ2n) is 8.63. The van der Waals surface area contributed by atoms with Gasteiger partial charge in [-0.15, -0.1) is 0 Å². The highest BCUT2D eigenvalue weighted by Gasteiger charge is 2.35. The third kappa shape index (κ3) is 3.96. The molecule has 0 spiro atoms. The van der Waals surface area contributed by atoms with E-state index in [-0.39, 0.29) is 17.4 Å². The Kier molecular flexibility index (Phi) is 5.35. The van der Waals surface area contributed by atoms with Crippen LogP contribution >= 0.6 is 0 Å². The van der Waals surface area contributed by atoms with Crippen LogP contribution in [0.25, 0.3) is 0 Å². The van der Waals surface area contributed by atoms with Gasteiger partial charge in [0.15, 0.2) is 0 Å². The Morgan fingerprint density at radius 2 is 1.91 bits per heavy atom. The molecule has 0 saturated carbocycles. The topological polar surface area (TPSA) is 87.4 Å². The van der Waals surface area contributed by atoms with Gasteiger partial charge in [-0.05, 0) is 60.9 Å². The number of carbonyl (C=O) groups is 1. The molecule has 2 atom stereocenters. The molecule has 1 saturated heterocycles. The summed E-state index contributed by atoms with van der Waals surface area (Å²) in [6, 6.07) is 20.1. The fraction of sp³-hybridized carbons (Fsp3) is 0.269. The number of hydrogen-bond donors (Lipinski definition) is 1. The third-order valence-electron chi connectivity index (χ3n) is 6.55. The van der Waals surface area contributed by atoms with Crippen LogP contribution in [0.2, 0.25) is 0 Å². The Morgan fingerprint density at radius 1 is 1.09 bits per heavy atom. The molecular weight excluding hydrogens is 416 g/mol. The van der Waals surface area contributed by atoms with Crippen LogP contribution in [0.1, 0.15) is 34.0 Å². The number of methoxy groups -OCH3 is 1. The van der Waals surface area contributed by atoms with E-state index in [0.29, 0.717) is 35.0 Å². The standard InChI is InChI=1S/C26H24N4O3/c1-33-22-8-5-18(6-9-22)26(32)28-21-7-10-23(19(12-21)13-27)29-14-17-11-20(16-29)24-3-2-4-25(31)30(24)15-17/h2-10,12,17,20H,11,14-16H2,1H3,(H,28,32)/t17-,20-/m0/s1. The number of amides is 1. The number of pyridine rings is 1. The molecule has 2 aliphatic heterocycles. The van der Waals surface area contributed by atoms with Crippen molar-refractivity contribution < 1.29 is 9.53 Å². The van der Waals surface area contributed by atoms with E-state index in [1.165, 1.54) is 0 Å². The minimum absolute atomic E-state index is 0.0605. The van der Waals surface area contributed by atoms with Gasteiger partial charge in [0.2, 0.25) is 0 Å². The van der Waals surface area contributed by atoms with Gasteiger partial charge in [0.05, 0.1) is 18.4 Å². The molecule has 2 aromatic carbocycles. The summed E-state index contributed by atoms with van der Waals surface area (Å²) < 4.78 is 7.03. The minimum Gasteiger partial charge on any atom is -0.497 e. The number of carbonyl (C=O) groups excluding carboxylic acids is 1. The molecule has 0 radical (unpaired) electrons. The molecule has 7 heteroatoms. The van der Waals surface area contributed by atoms with E-state index < -0.39 is 0 Å². The molecule has 2 aliphatic rings. The Labute approximate surface area is 191 Å². The molecule has 3 heterocycles. The summed E-state index contributed by atoms with van der Waals surface area (Å²) in [5.41, 5.74) is 3.60. The number of ether oxygens (including phenoxy) is 1. The number of nitrogens with one attached hydrogen (secondary N) is 1. The number of piperidine rings is 1. The zero-order valence-corrected chi connectivity index (χ0v) is 18.3. The van der Waals surface area contributed by atoms with Crippen LogP contribution in [0.15, 0.2) is 65.5 Å². The van der Waals surface area contributed by atoms with Crippen LogP contribution in [-0.2, 0) is 6.54 Å². The van der Waals surface area contributed by atoms with Crippen molar-refractivity contribution in [1.82, 2.24) is 4.57 Å². The van der Waals surface area contributed by atoms with Crippen molar-refractivity contribution in [3.05, 3.63) is 87.8 Å². The van der Waals surface area contributed by atoms with Gasteiger partial charge < -0.3 is 19.5 Å². The average Bonchev–Trinajstić information content (AvgIpc) is 2.84. The zero-order chi connectivity index (χ0) is 22.9. The predicted octanol–water partition coefficient (Wildman–Crippen LogP) is 3.60. The van der Waals surface area contributed by atoms with Gasteiger partial charge in [-0.3, -0.25) is 9.59 Å². The largest absolute Gasteiger partial charge is 0.497 e. The van der Waals surface area contributed by atoms with Crippen molar-refractivity contribution in [2.24, 2.45) is 5.92 Å². The molecule has 2 bridgehead atoms. The van der Waals surface area contributed by atoms with Gasteiger partial charge in [0.25, 0.3) is 11.5 Å². The van der Waals surface area contributed by atoms with Crippen molar-refractivity contribution in [3.63, 3.8) is 0 Å². The normalized spacial score (nSPS) is 18.7. The number of hydrogen-bond acceptors (Lipinski definition) is 5. The van der Waals surface area contributed by atoms with E-state index in [1.54, 1.807) is 43.5 Å². The Morgan fingerprint density at radius 3 is 2.67 bits per heavy atom. The second kappa shape index (κ2) is 8.47. The van der Waals surface area contributed by atoms with Crippen molar-refractivity contribution in [1.29, 1.82) is 5.26 Å². The number of rotatable bonds is 4. The smallest absolute Gasteiger partial charge is 0.255 e. The summed E-state index contributed by atoms with van der Waals surface area (Å²) in [5, 5.41) is 12.7. The van der Waals surface area contributed by atoms with Gasteiger partial charge in [0.1, 0.15) is 11.8 Å². The third-order valence-corrected chi connectivity index (χ3v) is 6.55. The van der Waals surface area contributed by atoms with Crippen LogP contribution in [0.5, 0.6) is 5.75 Å². The first-order valence-corrected chi connectivity index (χ1v) is 11.0. The van der Waals surface area contributed by atoms with E-state index in [2.05, 4.69) is 16.3 Å². The molecule has 1 N–H and O–H groups in total. The minimum atomic E-state index is -0.246. The summed E-state index contributed by atoms with van der Waals surface area (Å²) in [6.45, 7) is 2.26. The lowest BCUT2D eigenvalue weighted by atomic mass is 9.82. The lowest BCUT2D eigenvalue weighted by molar-refractivity contribution is 0.102. The number of nitrogens with zero attached hydrogens (tertiary/aromatic N) is 3. The van der Waals surface area contributed by atoms with Crippen LogP contribution in [0.3, 0.4) is 0 Å². The highest BCUT2D eigenvalue weighted by Crippen LogP contribution is 2.38. The van der Waals surface area contributed by atoms with Crippen LogP contribution in [0.4, 0.5) is 11.4 Å². The summed E-state index contributed by atoms with van der Waals surface area (Å²) >= 11 is 0. The van der Waals surface area contributed by atoms with Gasteiger partial charge in [0, 0.05) is 48.6 Å². The zero-order valence-electron chi connectivity index (χ0n) is 18.3. The van der Waals surface area contributed by atoms with E-state index in [9.17, 15) is 14.9 Å². The van der Waals surface area contributed by atoms with Gasteiger partial charge in [-0.2, -0.15) is 5.26 Å². The first kappa shape index (κ1) is 20.8. The van der Waals surface area contributed by atoms with E-state index in [0.717, 1.165) is 30.9 Å². The quantitative estimate of drug-likeness (QED) is 0.670. The highest BCUT2D eigenvalue weighted by atomic mass is 16.5. The lowest BCUT2D eigenvalue weighted by Crippen LogP contribution is -2.47. The SMILES string of the molecule is COc1ccc(C(=O)Nc2ccc(N3C[C@@H]4C[C@@H](C3)c3cccc(=O)n3C4)c(C#N)c2)cc1. The van der Waals surface area contributed by atoms with Gasteiger partial charge >= 0.3 is 0 Å². The Bertz CT molecular complexity index is 1310. The Hall–Kier alpha value is -4.05. The lowest BCUT2D eigenvalue weighted by Gasteiger charge is -2.44. The maximum absolute atomic E-state index is 12.6. The number of nitriles is 1. The molecule has 0 aliphatic carbocycles. The predicted molar refractivity (Wildman–Crippen MR) is 126 cm³/mol. The maximum atomic E-state index is 12.6. The summed E-state index contributed by atoms with van der Waals surface area (Å²) in [7, 11) is 1.58. The molecule has 166 valence electrons. The molecule has 7 nitrogen and oxygen atoms in total.